The summed E-state index contributed by atoms with van der Waals surface area (Å²) in [5, 5.41) is 0.663. The summed E-state index contributed by atoms with van der Waals surface area (Å²) in [6.45, 7) is 1.99. The lowest BCUT2D eigenvalue weighted by Gasteiger charge is -2.21. The van der Waals surface area contributed by atoms with Crippen LogP contribution in [0.2, 0.25) is 5.02 Å². The van der Waals surface area contributed by atoms with Crippen LogP contribution in [0, 0.1) is 6.92 Å². The van der Waals surface area contributed by atoms with E-state index in [0.29, 0.717) is 10.8 Å². The van der Waals surface area contributed by atoms with Crippen LogP contribution in [0.3, 0.4) is 0 Å². The Morgan fingerprint density at radius 1 is 1.05 bits per heavy atom. The Kier molecular flexibility index (Phi) is 5.07. The van der Waals surface area contributed by atoms with Gasteiger partial charge in [-0.3, -0.25) is 5.84 Å². The highest BCUT2D eigenvalue weighted by atomic mass is 35.5. The standard InChI is InChI=1S/C16H19ClN2O2/c1-10-4-6-12(14(17)8-10)16(19-18)13-7-5-11(20-2)9-15(13)21-3/h4-9,16,19H,18H2,1-3H3. The van der Waals surface area contributed by atoms with Gasteiger partial charge in [0, 0.05) is 16.7 Å². The van der Waals surface area contributed by atoms with Gasteiger partial charge in [0.15, 0.2) is 0 Å². The Morgan fingerprint density at radius 3 is 2.33 bits per heavy atom. The predicted molar refractivity (Wildman–Crippen MR) is 84.9 cm³/mol. The summed E-state index contributed by atoms with van der Waals surface area (Å²) >= 11 is 6.35. The van der Waals surface area contributed by atoms with Gasteiger partial charge in [-0.2, -0.15) is 0 Å². The molecule has 2 aromatic rings. The fourth-order valence-electron chi connectivity index (χ4n) is 2.27. The van der Waals surface area contributed by atoms with Gasteiger partial charge in [-0.15, -0.1) is 0 Å². The van der Waals surface area contributed by atoms with Crippen molar-refractivity contribution in [2.45, 2.75) is 13.0 Å². The molecule has 0 heterocycles. The second-order valence-electron chi connectivity index (χ2n) is 4.73. The molecule has 112 valence electrons. The molecule has 2 rings (SSSR count). The van der Waals surface area contributed by atoms with E-state index in [0.717, 1.165) is 22.4 Å². The Balaban J connectivity index is 2.50. The molecule has 3 N–H and O–H groups in total. The second kappa shape index (κ2) is 6.80. The van der Waals surface area contributed by atoms with E-state index in [4.69, 9.17) is 26.9 Å². The topological polar surface area (TPSA) is 56.5 Å². The highest BCUT2D eigenvalue weighted by Crippen LogP contribution is 2.35. The normalized spacial score (nSPS) is 12.0. The molecule has 0 fully saturated rings. The minimum absolute atomic E-state index is 0.265. The van der Waals surface area contributed by atoms with Crippen molar-refractivity contribution in [2.24, 2.45) is 5.84 Å². The maximum absolute atomic E-state index is 6.35. The molecule has 0 aliphatic carbocycles. The maximum Gasteiger partial charge on any atom is 0.127 e. The molecule has 0 bridgehead atoms. The van der Waals surface area contributed by atoms with E-state index in [1.807, 2.05) is 43.3 Å². The van der Waals surface area contributed by atoms with E-state index in [1.165, 1.54) is 0 Å². The average Bonchev–Trinajstić information content (AvgIpc) is 2.50. The van der Waals surface area contributed by atoms with Crippen LogP contribution in [0.15, 0.2) is 36.4 Å². The third-order valence-corrected chi connectivity index (χ3v) is 3.71. The number of methoxy groups -OCH3 is 2. The lowest BCUT2D eigenvalue weighted by atomic mass is 9.97. The van der Waals surface area contributed by atoms with Crippen molar-refractivity contribution in [1.82, 2.24) is 5.43 Å². The number of halogens is 1. The quantitative estimate of drug-likeness (QED) is 0.658. The van der Waals surface area contributed by atoms with Gasteiger partial charge in [0.25, 0.3) is 0 Å². The number of hydrazine groups is 1. The van der Waals surface area contributed by atoms with E-state index in [1.54, 1.807) is 14.2 Å². The van der Waals surface area contributed by atoms with Gasteiger partial charge in [0.05, 0.1) is 20.3 Å². The van der Waals surface area contributed by atoms with Crippen molar-refractivity contribution in [2.75, 3.05) is 14.2 Å². The molecular formula is C16H19ClN2O2. The summed E-state index contributed by atoms with van der Waals surface area (Å²) in [7, 11) is 3.23. The number of aryl methyl sites for hydroxylation is 1. The molecule has 0 saturated carbocycles. The van der Waals surface area contributed by atoms with Crippen LogP contribution in [-0.2, 0) is 0 Å². The van der Waals surface area contributed by atoms with Crippen molar-refractivity contribution in [3.05, 3.63) is 58.1 Å². The molecule has 21 heavy (non-hydrogen) atoms. The van der Waals surface area contributed by atoms with Crippen LogP contribution in [0.4, 0.5) is 0 Å². The van der Waals surface area contributed by atoms with Crippen molar-refractivity contribution >= 4 is 11.6 Å². The molecule has 2 aromatic carbocycles. The van der Waals surface area contributed by atoms with Crippen LogP contribution >= 0.6 is 11.6 Å². The van der Waals surface area contributed by atoms with Crippen molar-refractivity contribution < 1.29 is 9.47 Å². The summed E-state index contributed by atoms with van der Waals surface area (Å²) in [5.41, 5.74) is 5.69. The fraction of sp³-hybridized carbons (Fsp3) is 0.250. The van der Waals surface area contributed by atoms with E-state index in [9.17, 15) is 0 Å². The lowest BCUT2D eigenvalue weighted by Crippen LogP contribution is -2.29. The zero-order valence-corrected chi connectivity index (χ0v) is 13.1. The SMILES string of the molecule is COc1ccc(C(NN)c2ccc(C)cc2Cl)c(OC)c1. The zero-order valence-electron chi connectivity index (χ0n) is 12.3. The van der Waals surface area contributed by atoms with Gasteiger partial charge in [0.2, 0.25) is 0 Å². The fourth-order valence-corrected chi connectivity index (χ4v) is 2.61. The first kappa shape index (κ1) is 15.6. The number of nitrogens with one attached hydrogen (secondary N) is 1. The lowest BCUT2D eigenvalue weighted by molar-refractivity contribution is 0.387. The number of rotatable bonds is 5. The minimum atomic E-state index is -0.265. The molecule has 0 aliphatic rings. The van der Waals surface area contributed by atoms with Crippen LogP contribution in [0.1, 0.15) is 22.7 Å². The number of ether oxygens (including phenoxy) is 2. The van der Waals surface area contributed by atoms with Crippen molar-refractivity contribution in [1.29, 1.82) is 0 Å². The Labute approximate surface area is 129 Å². The third-order valence-electron chi connectivity index (χ3n) is 3.39. The van der Waals surface area contributed by atoms with Crippen molar-refractivity contribution in [3.8, 4) is 11.5 Å². The predicted octanol–water partition coefficient (Wildman–Crippen LogP) is 3.22. The summed E-state index contributed by atoms with van der Waals surface area (Å²) < 4.78 is 10.6. The number of hydrogen-bond donors (Lipinski definition) is 2. The largest absolute Gasteiger partial charge is 0.497 e. The summed E-state index contributed by atoms with van der Waals surface area (Å²) in [6, 6.07) is 11.2. The summed E-state index contributed by atoms with van der Waals surface area (Å²) in [4.78, 5) is 0. The first-order valence-electron chi connectivity index (χ1n) is 6.54. The van der Waals surface area contributed by atoms with Gasteiger partial charge in [-0.1, -0.05) is 23.7 Å². The summed E-state index contributed by atoms with van der Waals surface area (Å²) in [5.74, 6) is 7.15. The number of nitrogens with two attached hydrogens (primary N) is 1. The van der Waals surface area contributed by atoms with Gasteiger partial charge >= 0.3 is 0 Å². The number of hydrogen-bond acceptors (Lipinski definition) is 4. The molecular weight excluding hydrogens is 288 g/mol. The smallest absolute Gasteiger partial charge is 0.127 e. The average molecular weight is 307 g/mol. The van der Waals surface area contributed by atoms with Crippen LogP contribution in [0.5, 0.6) is 11.5 Å². The van der Waals surface area contributed by atoms with Crippen molar-refractivity contribution in [3.63, 3.8) is 0 Å². The minimum Gasteiger partial charge on any atom is -0.497 e. The molecule has 0 spiro atoms. The van der Waals surface area contributed by atoms with E-state index >= 15 is 0 Å². The highest BCUT2D eigenvalue weighted by Gasteiger charge is 2.20. The molecule has 5 heteroatoms. The molecule has 0 amide bonds. The van der Waals surface area contributed by atoms with Gasteiger partial charge < -0.3 is 9.47 Å². The van der Waals surface area contributed by atoms with Gasteiger partial charge in [-0.25, -0.2) is 5.43 Å². The van der Waals surface area contributed by atoms with Crippen LogP contribution in [-0.4, -0.2) is 14.2 Å². The molecule has 0 saturated heterocycles. The molecule has 4 nitrogen and oxygen atoms in total. The zero-order chi connectivity index (χ0) is 15.4. The maximum atomic E-state index is 6.35. The van der Waals surface area contributed by atoms with Gasteiger partial charge in [-0.05, 0) is 36.2 Å². The monoisotopic (exact) mass is 306 g/mol. The highest BCUT2D eigenvalue weighted by molar-refractivity contribution is 6.31. The Morgan fingerprint density at radius 2 is 1.76 bits per heavy atom. The van der Waals surface area contributed by atoms with Crippen LogP contribution in [0.25, 0.3) is 0 Å². The first-order chi connectivity index (χ1) is 10.1. The third kappa shape index (κ3) is 3.29. The van der Waals surface area contributed by atoms with E-state index < -0.39 is 0 Å². The van der Waals surface area contributed by atoms with Crippen LogP contribution < -0.4 is 20.7 Å². The molecule has 1 unspecified atom stereocenters. The molecule has 1 atom stereocenters. The number of benzene rings is 2. The molecule has 0 aromatic heterocycles. The van der Waals surface area contributed by atoms with Gasteiger partial charge in [0.1, 0.15) is 11.5 Å². The summed E-state index contributed by atoms with van der Waals surface area (Å²) in [6.07, 6.45) is 0. The second-order valence-corrected chi connectivity index (χ2v) is 5.14. The molecule has 0 radical (unpaired) electrons. The molecule has 0 aliphatic heterocycles. The first-order valence-corrected chi connectivity index (χ1v) is 6.92. The Bertz CT molecular complexity index is 632. The Hall–Kier alpha value is -1.75. The van der Waals surface area contributed by atoms with E-state index in [2.05, 4.69) is 5.43 Å². The van der Waals surface area contributed by atoms with E-state index in [-0.39, 0.29) is 6.04 Å².